The molecule has 0 unspecified atom stereocenters. The van der Waals surface area contributed by atoms with E-state index in [2.05, 4.69) is 11.8 Å². The molecule has 0 amide bonds. The first kappa shape index (κ1) is 10.1. The summed E-state index contributed by atoms with van der Waals surface area (Å²) in [6.45, 7) is 0.457. The van der Waals surface area contributed by atoms with Gasteiger partial charge in [-0.2, -0.15) is 0 Å². The van der Waals surface area contributed by atoms with Gasteiger partial charge in [0.25, 0.3) is 0 Å². The Morgan fingerprint density at radius 3 is 3.13 bits per heavy atom. The molecule has 0 spiro atoms. The van der Waals surface area contributed by atoms with Crippen molar-refractivity contribution < 1.29 is 9.53 Å². The monoisotopic (exact) mass is 220 g/mol. The SMILES string of the molecule is O=C1CCOc2cc(C#CCCl)ccc21. The molecule has 0 aromatic heterocycles. The quantitative estimate of drug-likeness (QED) is 0.495. The minimum absolute atomic E-state index is 0.133. The van der Waals surface area contributed by atoms with Crippen molar-refractivity contribution in [3.63, 3.8) is 0 Å². The molecule has 1 aromatic carbocycles. The van der Waals surface area contributed by atoms with Gasteiger partial charge in [0.05, 0.1) is 18.1 Å². The second-order valence-corrected chi connectivity index (χ2v) is 3.44. The number of carbonyl (C=O) groups excluding carboxylic acids is 1. The van der Waals surface area contributed by atoms with Crippen molar-refractivity contribution in [3.8, 4) is 17.6 Å². The van der Waals surface area contributed by atoms with Crippen molar-refractivity contribution in [2.75, 3.05) is 12.5 Å². The molecule has 76 valence electrons. The van der Waals surface area contributed by atoms with Gasteiger partial charge >= 0.3 is 0 Å². The van der Waals surface area contributed by atoms with Crippen molar-refractivity contribution in [2.24, 2.45) is 0 Å². The van der Waals surface area contributed by atoms with Crippen LogP contribution >= 0.6 is 11.6 Å². The molecular weight excluding hydrogens is 212 g/mol. The standard InChI is InChI=1S/C12H9ClO2/c13-6-1-2-9-3-4-10-11(14)5-7-15-12(10)8-9/h3-4,8H,5-7H2. The van der Waals surface area contributed by atoms with Crippen molar-refractivity contribution >= 4 is 17.4 Å². The molecule has 0 aliphatic carbocycles. The maximum Gasteiger partial charge on any atom is 0.169 e. The maximum absolute atomic E-state index is 11.5. The van der Waals surface area contributed by atoms with Crippen LogP contribution in [0.2, 0.25) is 0 Å². The zero-order valence-electron chi connectivity index (χ0n) is 8.05. The van der Waals surface area contributed by atoms with E-state index in [0.717, 1.165) is 5.56 Å². The van der Waals surface area contributed by atoms with E-state index in [0.29, 0.717) is 30.2 Å². The van der Waals surface area contributed by atoms with E-state index >= 15 is 0 Å². The molecule has 0 radical (unpaired) electrons. The number of ketones is 1. The van der Waals surface area contributed by atoms with Crippen LogP contribution in [0, 0.1) is 11.8 Å². The van der Waals surface area contributed by atoms with E-state index < -0.39 is 0 Å². The van der Waals surface area contributed by atoms with Crippen molar-refractivity contribution in [2.45, 2.75) is 6.42 Å². The van der Waals surface area contributed by atoms with Crippen LogP contribution < -0.4 is 4.74 Å². The number of hydrogen-bond donors (Lipinski definition) is 0. The molecule has 0 saturated heterocycles. The number of hydrogen-bond acceptors (Lipinski definition) is 2. The Kier molecular flexibility index (Phi) is 2.94. The van der Waals surface area contributed by atoms with Gasteiger partial charge in [-0.3, -0.25) is 4.79 Å². The number of fused-ring (bicyclic) bond motifs is 1. The highest BCUT2D eigenvalue weighted by Gasteiger charge is 2.17. The third-order valence-electron chi connectivity index (χ3n) is 2.17. The average molecular weight is 221 g/mol. The third-order valence-corrected chi connectivity index (χ3v) is 2.30. The summed E-state index contributed by atoms with van der Waals surface area (Å²) in [7, 11) is 0. The molecule has 1 aliphatic rings. The second kappa shape index (κ2) is 4.37. The van der Waals surface area contributed by atoms with E-state index in [-0.39, 0.29) is 5.78 Å². The summed E-state index contributed by atoms with van der Waals surface area (Å²) in [5.74, 6) is 6.71. The first-order valence-corrected chi connectivity index (χ1v) is 5.19. The molecule has 1 aromatic rings. The highest BCUT2D eigenvalue weighted by atomic mass is 35.5. The van der Waals surface area contributed by atoms with Crippen LogP contribution in [0.15, 0.2) is 18.2 Å². The van der Waals surface area contributed by atoms with Crippen LogP contribution in [0.3, 0.4) is 0 Å². The Morgan fingerprint density at radius 2 is 2.33 bits per heavy atom. The van der Waals surface area contributed by atoms with Crippen LogP contribution in [0.1, 0.15) is 22.3 Å². The summed E-state index contributed by atoms with van der Waals surface area (Å²) < 4.78 is 5.39. The molecule has 15 heavy (non-hydrogen) atoms. The minimum atomic E-state index is 0.133. The van der Waals surface area contributed by atoms with E-state index in [1.165, 1.54) is 0 Å². The summed E-state index contributed by atoms with van der Waals surface area (Å²) in [5, 5.41) is 0. The fourth-order valence-corrected chi connectivity index (χ4v) is 1.54. The number of rotatable bonds is 0. The highest BCUT2D eigenvalue weighted by Crippen LogP contribution is 2.25. The lowest BCUT2D eigenvalue weighted by Crippen LogP contribution is -2.15. The Morgan fingerprint density at radius 1 is 1.47 bits per heavy atom. The average Bonchev–Trinajstić information content (AvgIpc) is 2.26. The summed E-state index contributed by atoms with van der Waals surface area (Å²) in [4.78, 5) is 11.5. The summed E-state index contributed by atoms with van der Waals surface area (Å²) in [5.41, 5.74) is 1.47. The lowest BCUT2D eigenvalue weighted by molar-refractivity contribution is 0.0933. The predicted octanol–water partition coefficient (Wildman–Crippen LogP) is 2.24. The molecule has 3 heteroatoms. The lowest BCUT2D eigenvalue weighted by atomic mass is 10.0. The first-order chi connectivity index (χ1) is 7.31. The van der Waals surface area contributed by atoms with Crippen molar-refractivity contribution in [1.82, 2.24) is 0 Å². The smallest absolute Gasteiger partial charge is 0.169 e. The van der Waals surface area contributed by atoms with E-state index in [1.54, 1.807) is 12.1 Å². The highest BCUT2D eigenvalue weighted by molar-refractivity contribution is 6.19. The van der Waals surface area contributed by atoms with Gasteiger partial charge in [0, 0.05) is 12.0 Å². The van der Waals surface area contributed by atoms with E-state index in [1.807, 2.05) is 6.07 Å². The molecule has 0 N–H and O–H groups in total. The number of ether oxygens (including phenoxy) is 1. The minimum Gasteiger partial charge on any atom is -0.492 e. The van der Waals surface area contributed by atoms with Crippen LogP contribution in [-0.4, -0.2) is 18.3 Å². The van der Waals surface area contributed by atoms with Gasteiger partial charge in [-0.1, -0.05) is 11.8 Å². The van der Waals surface area contributed by atoms with Crippen molar-refractivity contribution in [3.05, 3.63) is 29.3 Å². The normalized spacial score (nSPS) is 13.5. The van der Waals surface area contributed by atoms with Crippen molar-refractivity contribution in [1.29, 1.82) is 0 Å². The van der Waals surface area contributed by atoms with Crippen LogP contribution in [0.25, 0.3) is 0 Å². The molecular formula is C12H9ClO2. The molecule has 0 atom stereocenters. The molecule has 1 heterocycles. The zero-order valence-corrected chi connectivity index (χ0v) is 8.80. The topological polar surface area (TPSA) is 26.3 Å². The summed E-state index contributed by atoms with van der Waals surface area (Å²) in [6.07, 6.45) is 0.458. The molecule has 0 saturated carbocycles. The lowest BCUT2D eigenvalue weighted by Gasteiger charge is -2.15. The molecule has 2 nitrogen and oxygen atoms in total. The van der Waals surface area contributed by atoms with E-state index in [4.69, 9.17) is 16.3 Å². The summed E-state index contributed by atoms with van der Waals surface area (Å²) >= 11 is 5.46. The Hall–Kier alpha value is -1.46. The summed E-state index contributed by atoms with van der Waals surface area (Å²) in [6, 6.07) is 5.35. The van der Waals surface area contributed by atoms with Gasteiger partial charge in [-0.25, -0.2) is 0 Å². The second-order valence-electron chi connectivity index (χ2n) is 3.17. The Bertz CT molecular complexity index is 454. The third kappa shape index (κ3) is 2.14. The van der Waals surface area contributed by atoms with Gasteiger partial charge in [0.1, 0.15) is 5.75 Å². The van der Waals surface area contributed by atoms with Gasteiger partial charge in [0.15, 0.2) is 5.78 Å². The van der Waals surface area contributed by atoms with Crippen LogP contribution in [0.4, 0.5) is 0 Å². The first-order valence-electron chi connectivity index (χ1n) is 4.66. The van der Waals surface area contributed by atoms with Crippen LogP contribution in [-0.2, 0) is 0 Å². The number of benzene rings is 1. The predicted molar refractivity (Wildman–Crippen MR) is 58.5 cm³/mol. The fraction of sp³-hybridized carbons (Fsp3) is 0.250. The molecule has 2 rings (SSSR count). The van der Waals surface area contributed by atoms with Gasteiger partial charge in [-0.05, 0) is 18.2 Å². The largest absolute Gasteiger partial charge is 0.492 e. The number of Topliss-reactive ketones (excluding diaryl/α,β-unsaturated/α-hetero) is 1. The van der Waals surface area contributed by atoms with Gasteiger partial charge in [0.2, 0.25) is 0 Å². The van der Waals surface area contributed by atoms with Crippen LogP contribution in [0.5, 0.6) is 5.75 Å². The molecule has 0 bridgehead atoms. The Labute approximate surface area is 93.2 Å². The molecule has 0 fully saturated rings. The van der Waals surface area contributed by atoms with Gasteiger partial charge < -0.3 is 4.74 Å². The number of alkyl halides is 1. The van der Waals surface area contributed by atoms with E-state index in [9.17, 15) is 4.79 Å². The zero-order chi connectivity index (χ0) is 10.7. The number of carbonyl (C=O) groups is 1. The number of halogens is 1. The Balaban J connectivity index is 2.37. The molecule has 1 aliphatic heterocycles. The fourth-order valence-electron chi connectivity index (χ4n) is 1.47. The van der Waals surface area contributed by atoms with Gasteiger partial charge in [-0.15, -0.1) is 11.6 Å². The maximum atomic E-state index is 11.5.